The molecule has 0 aliphatic carbocycles. The smallest absolute Gasteiger partial charge is 0.230 e. The topological polar surface area (TPSA) is 70.0 Å². The van der Waals surface area contributed by atoms with Crippen molar-refractivity contribution in [3.8, 4) is 6.07 Å². The van der Waals surface area contributed by atoms with Crippen molar-refractivity contribution >= 4 is 15.7 Å². The Morgan fingerprint density at radius 2 is 1.47 bits per heavy atom. The van der Waals surface area contributed by atoms with E-state index in [1.807, 2.05) is 0 Å². The highest BCUT2D eigenvalue weighted by Crippen LogP contribution is 2.28. The summed E-state index contributed by atoms with van der Waals surface area (Å²) < 4.78 is 75.1. The van der Waals surface area contributed by atoms with Gasteiger partial charge >= 0.3 is 0 Å². The van der Waals surface area contributed by atoms with Gasteiger partial charge in [-0.2, -0.15) is 5.26 Å². The van der Waals surface area contributed by atoms with E-state index in [0.29, 0.717) is 6.26 Å². The van der Waals surface area contributed by atoms with Crippen LogP contribution in [0, 0.1) is 34.6 Å². The summed E-state index contributed by atoms with van der Waals surface area (Å²) in [6, 6.07) is 0.928. The van der Waals surface area contributed by atoms with E-state index in [0.717, 1.165) is 6.07 Å². The summed E-state index contributed by atoms with van der Waals surface area (Å²) in [7, 11) is -4.12. The summed E-state index contributed by atoms with van der Waals surface area (Å²) in [4.78, 5) is 0. The summed E-state index contributed by atoms with van der Waals surface area (Å²) in [5, 5.41) is 8.27. The van der Waals surface area contributed by atoms with E-state index in [1.54, 1.807) is 0 Å². The maximum Gasteiger partial charge on any atom is 0.230 e. The van der Waals surface area contributed by atoms with Gasteiger partial charge in [-0.05, 0) is 0 Å². The predicted octanol–water partition coefficient (Wildman–Crippen LogP) is 1.49. The molecule has 0 radical (unpaired) electrons. The number of halogens is 4. The molecule has 1 N–H and O–H groups in total. The minimum atomic E-state index is -4.12. The van der Waals surface area contributed by atoms with Gasteiger partial charge in [-0.25, -0.2) is 26.0 Å². The molecule has 0 saturated carbocycles. The van der Waals surface area contributed by atoms with Crippen molar-refractivity contribution in [3.63, 3.8) is 0 Å². The Morgan fingerprint density at radius 1 is 1.06 bits per heavy atom. The largest absolute Gasteiger partial charge is 0.278 e. The third-order valence-corrected chi connectivity index (χ3v) is 2.24. The van der Waals surface area contributed by atoms with Crippen molar-refractivity contribution in [2.24, 2.45) is 0 Å². The minimum Gasteiger partial charge on any atom is -0.278 e. The molecule has 0 aliphatic heterocycles. The van der Waals surface area contributed by atoms with Gasteiger partial charge in [0.25, 0.3) is 0 Å². The zero-order valence-corrected chi connectivity index (χ0v) is 9.00. The monoisotopic (exact) mass is 268 g/mol. The van der Waals surface area contributed by atoms with Gasteiger partial charge in [-0.3, -0.25) is 4.72 Å². The van der Waals surface area contributed by atoms with Gasteiger partial charge in [0.15, 0.2) is 23.3 Å². The Kier molecular flexibility index (Phi) is 3.28. The number of nitrogens with one attached hydrogen (secondary N) is 1. The molecular formula is C8H4F4N2O2S. The fourth-order valence-corrected chi connectivity index (χ4v) is 1.55. The number of anilines is 1. The lowest BCUT2D eigenvalue weighted by atomic mass is 10.1. The maximum atomic E-state index is 13.2. The number of hydrogen-bond donors (Lipinski definition) is 1. The van der Waals surface area contributed by atoms with Gasteiger partial charge < -0.3 is 0 Å². The Hall–Kier alpha value is -1.82. The molecule has 0 aliphatic rings. The molecule has 0 bridgehead atoms. The van der Waals surface area contributed by atoms with Crippen LogP contribution in [0.1, 0.15) is 5.56 Å². The van der Waals surface area contributed by atoms with Gasteiger partial charge in [-0.1, -0.05) is 0 Å². The van der Waals surface area contributed by atoms with Crippen molar-refractivity contribution in [2.75, 3.05) is 11.0 Å². The van der Waals surface area contributed by atoms with Crippen molar-refractivity contribution in [1.29, 1.82) is 5.26 Å². The van der Waals surface area contributed by atoms with Gasteiger partial charge in [0, 0.05) is 0 Å². The number of hydrogen-bond acceptors (Lipinski definition) is 3. The van der Waals surface area contributed by atoms with Crippen LogP contribution in [0.25, 0.3) is 0 Å². The number of nitriles is 1. The van der Waals surface area contributed by atoms with Gasteiger partial charge in [0.1, 0.15) is 17.3 Å². The summed E-state index contributed by atoms with van der Waals surface area (Å²) >= 11 is 0. The van der Waals surface area contributed by atoms with Crippen LogP contribution in [0.3, 0.4) is 0 Å². The van der Waals surface area contributed by atoms with Crippen LogP contribution in [-0.2, 0) is 10.0 Å². The van der Waals surface area contributed by atoms with Crippen LogP contribution in [0.5, 0.6) is 0 Å². The van der Waals surface area contributed by atoms with E-state index >= 15 is 0 Å². The highest BCUT2D eigenvalue weighted by molar-refractivity contribution is 7.92. The average molecular weight is 268 g/mol. The standard InChI is InChI=1S/C8H4F4N2O2S/c1-17(15,16)14-8-6(11)4(9)3(2-13)5(10)7(8)12/h14H,1H3. The molecule has 92 valence electrons. The average Bonchev–Trinajstić information content (AvgIpc) is 2.21. The molecule has 1 aromatic rings. The molecule has 0 heterocycles. The molecule has 0 unspecified atom stereocenters. The van der Waals surface area contributed by atoms with Crippen LogP contribution in [-0.4, -0.2) is 14.7 Å². The minimum absolute atomic E-state index is 0.542. The van der Waals surface area contributed by atoms with E-state index in [9.17, 15) is 26.0 Å². The second kappa shape index (κ2) is 4.21. The highest BCUT2D eigenvalue weighted by Gasteiger charge is 2.26. The zero-order valence-electron chi connectivity index (χ0n) is 8.18. The first-order valence-electron chi connectivity index (χ1n) is 3.93. The fraction of sp³-hybridized carbons (Fsp3) is 0.125. The van der Waals surface area contributed by atoms with E-state index in [-0.39, 0.29) is 0 Å². The number of nitrogens with zero attached hydrogens (tertiary/aromatic N) is 1. The Bertz CT molecular complexity index is 592. The Balaban J connectivity index is 3.61. The summed E-state index contributed by atoms with van der Waals surface area (Å²) in [6.45, 7) is 0. The third-order valence-electron chi connectivity index (χ3n) is 1.66. The molecule has 0 aromatic heterocycles. The fourth-order valence-electron chi connectivity index (χ4n) is 1.00. The lowest BCUT2D eigenvalue weighted by Crippen LogP contribution is -2.15. The van der Waals surface area contributed by atoms with Crippen molar-refractivity contribution in [1.82, 2.24) is 0 Å². The molecule has 0 atom stereocenters. The van der Waals surface area contributed by atoms with E-state index in [4.69, 9.17) is 5.26 Å². The predicted molar refractivity (Wildman–Crippen MR) is 49.5 cm³/mol. The number of benzene rings is 1. The number of rotatable bonds is 2. The van der Waals surface area contributed by atoms with Crippen LogP contribution in [0.15, 0.2) is 0 Å². The van der Waals surface area contributed by atoms with E-state index in [1.165, 1.54) is 4.72 Å². The highest BCUT2D eigenvalue weighted by atomic mass is 32.2. The molecule has 1 aromatic carbocycles. The lowest BCUT2D eigenvalue weighted by molar-refractivity contribution is 0.455. The van der Waals surface area contributed by atoms with Gasteiger partial charge in [0.05, 0.1) is 6.26 Å². The molecule has 9 heteroatoms. The van der Waals surface area contributed by atoms with Crippen LogP contribution >= 0.6 is 0 Å². The SMILES string of the molecule is CS(=O)(=O)Nc1c(F)c(F)c(C#N)c(F)c1F. The first kappa shape index (κ1) is 13.2. The molecule has 17 heavy (non-hydrogen) atoms. The van der Waals surface area contributed by atoms with Gasteiger partial charge in [-0.15, -0.1) is 0 Å². The molecule has 0 amide bonds. The second-order valence-corrected chi connectivity index (χ2v) is 4.74. The van der Waals surface area contributed by atoms with Crippen molar-refractivity contribution in [3.05, 3.63) is 28.8 Å². The van der Waals surface area contributed by atoms with E-state index in [2.05, 4.69) is 0 Å². The third kappa shape index (κ3) is 2.47. The quantitative estimate of drug-likeness (QED) is 0.652. The van der Waals surface area contributed by atoms with Gasteiger partial charge in [0.2, 0.25) is 10.0 Å². The summed E-state index contributed by atoms with van der Waals surface area (Å²) in [5.74, 6) is -7.88. The molecule has 0 fully saturated rings. The van der Waals surface area contributed by atoms with Crippen LogP contribution < -0.4 is 4.72 Å². The lowest BCUT2D eigenvalue weighted by Gasteiger charge is -2.09. The number of sulfonamides is 1. The van der Waals surface area contributed by atoms with Crippen LogP contribution in [0.4, 0.5) is 23.2 Å². The first-order chi connectivity index (χ1) is 7.69. The summed E-state index contributed by atoms with van der Waals surface area (Å²) in [6.07, 6.45) is 0.542. The van der Waals surface area contributed by atoms with Crippen molar-refractivity contribution < 1.29 is 26.0 Å². The van der Waals surface area contributed by atoms with Crippen LogP contribution in [0.2, 0.25) is 0 Å². The zero-order chi connectivity index (χ0) is 13.4. The van der Waals surface area contributed by atoms with E-state index < -0.39 is 44.5 Å². The first-order valence-corrected chi connectivity index (χ1v) is 5.82. The molecule has 0 saturated heterocycles. The normalized spacial score (nSPS) is 11.1. The Labute approximate surface area is 93.5 Å². The molecule has 0 spiro atoms. The molecular weight excluding hydrogens is 264 g/mol. The maximum absolute atomic E-state index is 13.2. The molecule has 4 nitrogen and oxygen atoms in total. The summed E-state index contributed by atoms with van der Waals surface area (Å²) in [5.41, 5.74) is -2.96. The second-order valence-electron chi connectivity index (χ2n) is 2.99. The molecule has 1 rings (SSSR count). The Morgan fingerprint density at radius 3 is 1.76 bits per heavy atom. The van der Waals surface area contributed by atoms with Crippen molar-refractivity contribution in [2.45, 2.75) is 0 Å².